The maximum atomic E-state index is 4.64. The lowest BCUT2D eigenvalue weighted by Gasteiger charge is -2.21. The third kappa shape index (κ3) is 1.74. The van der Waals surface area contributed by atoms with Crippen molar-refractivity contribution in [3.05, 3.63) is 28.6 Å². The van der Waals surface area contributed by atoms with E-state index in [1.807, 2.05) is 10.6 Å². The monoisotopic (exact) mass is 280 g/mol. The lowest BCUT2D eigenvalue weighted by molar-refractivity contribution is 0.449. The second kappa shape index (κ2) is 4.14. The number of imidazole rings is 1. The van der Waals surface area contributed by atoms with Gasteiger partial charge < -0.3 is 5.32 Å². The summed E-state index contributed by atoms with van der Waals surface area (Å²) in [4.78, 5) is 4.25. The normalized spacial score (nSPS) is 18.1. The number of hydrogen-bond acceptors (Lipinski definition) is 3. The van der Waals surface area contributed by atoms with Gasteiger partial charge in [0, 0.05) is 5.92 Å². The molecule has 0 saturated carbocycles. The molecule has 0 unspecified atom stereocenters. The second-order valence-corrected chi connectivity index (χ2v) is 4.95. The Balaban J connectivity index is 1.99. The molecule has 0 bridgehead atoms. The average molecular weight is 281 g/mol. The van der Waals surface area contributed by atoms with Crippen molar-refractivity contribution >= 4 is 21.6 Å². The fourth-order valence-corrected chi connectivity index (χ4v) is 2.56. The number of fused-ring (bicyclic) bond motifs is 1. The largest absolute Gasteiger partial charge is 0.317 e. The average Bonchev–Trinajstić information content (AvgIpc) is 2.72. The van der Waals surface area contributed by atoms with E-state index in [0.717, 1.165) is 23.3 Å². The molecule has 5 heteroatoms. The van der Waals surface area contributed by atoms with Gasteiger partial charge in [0.15, 0.2) is 5.65 Å². The molecule has 2 aromatic rings. The summed E-state index contributed by atoms with van der Waals surface area (Å²) < 4.78 is 2.77. The van der Waals surface area contributed by atoms with Gasteiger partial charge in [-0.2, -0.15) is 5.10 Å². The van der Waals surface area contributed by atoms with Crippen LogP contribution in [0.25, 0.3) is 5.65 Å². The Bertz CT molecular complexity index is 502. The molecule has 1 aliphatic rings. The van der Waals surface area contributed by atoms with Crippen LogP contribution in [0.3, 0.4) is 0 Å². The first-order valence-corrected chi connectivity index (χ1v) is 6.35. The molecular formula is C11H13BrN4. The molecule has 0 amide bonds. The van der Waals surface area contributed by atoms with Gasteiger partial charge in [-0.15, -0.1) is 0 Å². The first kappa shape index (κ1) is 10.2. The highest BCUT2D eigenvalue weighted by atomic mass is 79.9. The Labute approximate surface area is 102 Å². The summed E-state index contributed by atoms with van der Waals surface area (Å²) in [5, 5.41) is 8.01. The van der Waals surface area contributed by atoms with Gasteiger partial charge in [-0.3, -0.25) is 0 Å². The summed E-state index contributed by atoms with van der Waals surface area (Å²) in [6, 6.07) is 4.14. The molecule has 0 aliphatic carbocycles. The minimum Gasteiger partial charge on any atom is -0.317 e. The van der Waals surface area contributed by atoms with Crippen molar-refractivity contribution in [1.82, 2.24) is 19.9 Å². The predicted octanol–water partition coefficient (Wildman–Crippen LogP) is 1.96. The summed E-state index contributed by atoms with van der Waals surface area (Å²) in [5.41, 5.74) is 2.07. The summed E-state index contributed by atoms with van der Waals surface area (Å²) in [7, 11) is 0. The van der Waals surface area contributed by atoms with Crippen molar-refractivity contribution in [2.24, 2.45) is 0 Å². The van der Waals surface area contributed by atoms with Crippen LogP contribution in [0, 0.1) is 0 Å². The number of aromatic nitrogens is 3. The Hall–Kier alpha value is -0.940. The van der Waals surface area contributed by atoms with Gasteiger partial charge in [0.25, 0.3) is 0 Å². The van der Waals surface area contributed by atoms with Gasteiger partial charge >= 0.3 is 0 Å². The van der Waals surface area contributed by atoms with Crippen LogP contribution in [-0.4, -0.2) is 27.7 Å². The number of nitrogens with zero attached hydrogens (tertiary/aromatic N) is 3. The minimum absolute atomic E-state index is 0.583. The van der Waals surface area contributed by atoms with E-state index in [9.17, 15) is 0 Å². The van der Waals surface area contributed by atoms with Crippen LogP contribution in [0.1, 0.15) is 24.5 Å². The van der Waals surface area contributed by atoms with Crippen molar-refractivity contribution in [2.75, 3.05) is 13.1 Å². The molecule has 16 heavy (non-hydrogen) atoms. The van der Waals surface area contributed by atoms with E-state index in [1.165, 1.54) is 18.5 Å². The standard InChI is InChI=1S/C11H13BrN4/c12-10-7-14-11-2-1-9(15-16(10)11)8-3-5-13-6-4-8/h1-2,7-8,13H,3-6H2. The second-order valence-electron chi connectivity index (χ2n) is 4.13. The van der Waals surface area contributed by atoms with Crippen molar-refractivity contribution in [3.63, 3.8) is 0 Å². The van der Waals surface area contributed by atoms with E-state index in [0.29, 0.717) is 5.92 Å². The third-order valence-electron chi connectivity index (χ3n) is 3.10. The fraction of sp³-hybridized carbons (Fsp3) is 0.455. The van der Waals surface area contributed by atoms with Crippen LogP contribution in [0.15, 0.2) is 22.9 Å². The maximum absolute atomic E-state index is 4.64. The van der Waals surface area contributed by atoms with E-state index in [4.69, 9.17) is 0 Å². The number of rotatable bonds is 1. The molecule has 0 spiro atoms. The first-order valence-electron chi connectivity index (χ1n) is 5.55. The van der Waals surface area contributed by atoms with Gasteiger partial charge in [-0.25, -0.2) is 9.50 Å². The summed E-state index contributed by atoms with van der Waals surface area (Å²) >= 11 is 3.45. The zero-order valence-corrected chi connectivity index (χ0v) is 10.4. The zero-order chi connectivity index (χ0) is 11.0. The quantitative estimate of drug-likeness (QED) is 0.869. The summed E-state index contributed by atoms with van der Waals surface area (Å²) in [6.45, 7) is 2.19. The summed E-state index contributed by atoms with van der Waals surface area (Å²) in [6.07, 6.45) is 4.13. The molecule has 1 aliphatic heterocycles. The van der Waals surface area contributed by atoms with Crippen LogP contribution < -0.4 is 5.32 Å². The van der Waals surface area contributed by atoms with Crippen LogP contribution in [0.4, 0.5) is 0 Å². The van der Waals surface area contributed by atoms with Gasteiger partial charge in [0.2, 0.25) is 0 Å². The third-order valence-corrected chi connectivity index (χ3v) is 3.64. The first-order chi connectivity index (χ1) is 7.84. The molecule has 1 saturated heterocycles. The SMILES string of the molecule is Brc1cnc2ccc(C3CCNCC3)nn12. The lowest BCUT2D eigenvalue weighted by atomic mass is 9.94. The number of nitrogens with one attached hydrogen (secondary N) is 1. The Morgan fingerprint density at radius 2 is 2.12 bits per heavy atom. The topological polar surface area (TPSA) is 42.2 Å². The number of piperidine rings is 1. The van der Waals surface area contributed by atoms with Crippen LogP contribution in [-0.2, 0) is 0 Å². The molecule has 0 aromatic carbocycles. The molecular weight excluding hydrogens is 268 g/mol. The highest BCUT2D eigenvalue weighted by molar-refractivity contribution is 9.10. The highest BCUT2D eigenvalue weighted by Crippen LogP contribution is 2.24. The highest BCUT2D eigenvalue weighted by Gasteiger charge is 2.17. The Morgan fingerprint density at radius 3 is 2.94 bits per heavy atom. The van der Waals surface area contributed by atoms with E-state index >= 15 is 0 Å². The lowest BCUT2D eigenvalue weighted by Crippen LogP contribution is -2.27. The van der Waals surface area contributed by atoms with E-state index in [2.05, 4.69) is 37.4 Å². The Morgan fingerprint density at radius 1 is 1.31 bits per heavy atom. The van der Waals surface area contributed by atoms with Crippen molar-refractivity contribution < 1.29 is 0 Å². The van der Waals surface area contributed by atoms with Crippen molar-refractivity contribution in [1.29, 1.82) is 0 Å². The van der Waals surface area contributed by atoms with E-state index in [1.54, 1.807) is 6.20 Å². The van der Waals surface area contributed by atoms with Crippen LogP contribution in [0.5, 0.6) is 0 Å². The molecule has 2 aromatic heterocycles. The van der Waals surface area contributed by atoms with Gasteiger partial charge in [-0.05, 0) is 54.0 Å². The van der Waals surface area contributed by atoms with Gasteiger partial charge in [-0.1, -0.05) is 0 Å². The van der Waals surface area contributed by atoms with Crippen molar-refractivity contribution in [2.45, 2.75) is 18.8 Å². The molecule has 4 nitrogen and oxygen atoms in total. The molecule has 1 fully saturated rings. The molecule has 3 rings (SSSR count). The molecule has 0 radical (unpaired) electrons. The predicted molar refractivity (Wildman–Crippen MR) is 65.5 cm³/mol. The number of halogens is 1. The van der Waals surface area contributed by atoms with Crippen LogP contribution in [0.2, 0.25) is 0 Å². The van der Waals surface area contributed by atoms with E-state index < -0.39 is 0 Å². The molecule has 84 valence electrons. The summed E-state index contributed by atoms with van der Waals surface area (Å²) in [5.74, 6) is 0.583. The molecule has 0 atom stereocenters. The van der Waals surface area contributed by atoms with Crippen molar-refractivity contribution in [3.8, 4) is 0 Å². The molecule has 1 N–H and O–H groups in total. The van der Waals surface area contributed by atoms with Gasteiger partial charge in [0.05, 0.1) is 11.9 Å². The molecule has 3 heterocycles. The smallest absolute Gasteiger partial charge is 0.154 e. The fourth-order valence-electron chi connectivity index (χ4n) is 2.19. The number of hydrogen-bond donors (Lipinski definition) is 1. The Kier molecular flexibility index (Phi) is 2.65. The van der Waals surface area contributed by atoms with E-state index in [-0.39, 0.29) is 0 Å². The van der Waals surface area contributed by atoms with Crippen LogP contribution >= 0.6 is 15.9 Å². The maximum Gasteiger partial charge on any atom is 0.154 e. The van der Waals surface area contributed by atoms with Gasteiger partial charge in [0.1, 0.15) is 4.60 Å². The zero-order valence-electron chi connectivity index (χ0n) is 8.86. The minimum atomic E-state index is 0.583.